The van der Waals surface area contributed by atoms with E-state index in [0.29, 0.717) is 50.5 Å². The van der Waals surface area contributed by atoms with Gasteiger partial charge in [-0.2, -0.15) is 4.40 Å². The molecule has 3 fully saturated rings. The lowest BCUT2D eigenvalue weighted by atomic mass is 9.80. The third-order valence-electron chi connectivity index (χ3n) is 7.77. The molecular formula is C25H34N2O5S. The van der Waals surface area contributed by atoms with Crippen LogP contribution < -0.4 is 4.74 Å². The highest BCUT2D eigenvalue weighted by Gasteiger charge is 2.39. The van der Waals surface area contributed by atoms with E-state index in [1.54, 1.807) is 4.90 Å². The van der Waals surface area contributed by atoms with Crippen LogP contribution in [-0.2, 0) is 19.6 Å². The van der Waals surface area contributed by atoms with Gasteiger partial charge in [-0.3, -0.25) is 4.79 Å². The van der Waals surface area contributed by atoms with E-state index in [2.05, 4.69) is 24.3 Å². The third kappa shape index (κ3) is 4.69. The molecule has 3 aliphatic heterocycles. The van der Waals surface area contributed by atoms with Crippen LogP contribution in [0.15, 0.2) is 16.5 Å². The largest absolute Gasteiger partial charge is 0.483 e. The average Bonchev–Trinajstić information content (AvgIpc) is 3.65. The zero-order valence-electron chi connectivity index (χ0n) is 19.6. The third-order valence-corrected chi connectivity index (χ3v) is 9.58. The van der Waals surface area contributed by atoms with Crippen molar-refractivity contribution in [3.05, 3.63) is 28.8 Å². The average molecular weight is 475 g/mol. The first-order valence-corrected chi connectivity index (χ1v) is 13.8. The summed E-state index contributed by atoms with van der Waals surface area (Å²) in [6.45, 7) is 5.05. The molecule has 8 heteroatoms. The second-order valence-corrected chi connectivity index (χ2v) is 11.9. The first-order valence-electron chi connectivity index (χ1n) is 12.3. The number of carbonyl (C=O) groups excluding carboxylic acids is 1. The topological polar surface area (TPSA) is 85.3 Å². The Morgan fingerprint density at radius 2 is 1.82 bits per heavy atom. The van der Waals surface area contributed by atoms with E-state index in [-0.39, 0.29) is 23.9 Å². The summed E-state index contributed by atoms with van der Waals surface area (Å²) in [7, 11) is -3.51. The standard InChI is InChI=1S/C25H34N2O5S/c1-16-5-12-23-25(17(16)2)18-6-8-19(9-7-18)31-14-22-21(26-33(29,30)20-10-11-20)4-3-13-27(22)24(28)15-32-23/h5,12,18-20,22H,3-4,6-11,13-15H2,1-2H3/b26-21+/t18?,19?,22-/m0/s1. The van der Waals surface area contributed by atoms with Crippen LogP contribution in [0.1, 0.15) is 74.0 Å². The highest BCUT2D eigenvalue weighted by Crippen LogP contribution is 2.41. The normalized spacial score (nSPS) is 30.0. The molecule has 0 radical (unpaired) electrons. The van der Waals surface area contributed by atoms with Crippen molar-refractivity contribution < 1.29 is 22.7 Å². The molecule has 7 nitrogen and oxygen atoms in total. The maximum atomic E-state index is 13.3. The first kappa shape index (κ1) is 22.8. The van der Waals surface area contributed by atoms with Crippen molar-refractivity contribution in [2.45, 2.75) is 88.5 Å². The monoisotopic (exact) mass is 474 g/mol. The molecule has 2 bridgehead atoms. The quantitative estimate of drug-likeness (QED) is 0.653. The molecule has 180 valence electrons. The summed E-state index contributed by atoms with van der Waals surface area (Å²) in [5.74, 6) is 1.06. The van der Waals surface area contributed by atoms with Crippen molar-refractivity contribution in [2.24, 2.45) is 4.40 Å². The minimum absolute atomic E-state index is 0.0647. The number of carbonyl (C=O) groups is 1. The molecule has 1 aromatic rings. The van der Waals surface area contributed by atoms with E-state index in [1.807, 2.05) is 6.07 Å². The molecule has 5 aliphatic rings. The van der Waals surface area contributed by atoms with Crippen molar-refractivity contribution in [1.82, 2.24) is 4.90 Å². The Morgan fingerprint density at radius 1 is 1.06 bits per heavy atom. The lowest BCUT2D eigenvalue weighted by Gasteiger charge is -2.37. The molecule has 2 saturated carbocycles. The summed E-state index contributed by atoms with van der Waals surface area (Å²) in [6.07, 6.45) is 6.69. The maximum absolute atomic E-state index is 13.3. The molecule has 3 heterocycles. The van der Waals surface area contributed by atoms with Gasteiger partial charge in [0.25, 0.3) is 15.9 Å². The maximum Gasteiger partial charge on any atom is 0.261 e. The molecule has 0 spiro atoms. The van der Waals surface area contributed by atoms with Gasteiger partial charge < -0.3 is 14.4 Å². The van der Waals surface area contributed by atoms with Gasteiger partial charge >= 0.3 is 0 Å². The highest BCUT2D eigenvalue weighted by atomic mass is 32.2. The van der Waals surface area contributed by atoms with Crippen LogP contribution in [0.25, 0.3) is 0 Å². The van der Waals surface area contributed by atoms with Gasteiger partial charge in [0.15, 0.2) is 6.61 Å². The fourth-order valence-corrected chi connectivity index (χ4v) is 6.96. The van der Waals surface area contributed by atoms with Crippen LogP contribution in [0.2, 0.25) is 0 Å². The van der Waals surface area contributed by atoms with Gasteiger partial charge in [-0.1, -0.05) is 6.07 Å². The number of aryl methyl sites for hydroxylation is 1. The van der Waals surface area contributed by atoms with Gasteiger partial charge in [-0.05, 0) is 88.3 Å². The van der Waals surface area contributed by atoms with Crippen molar-refractivity contribution in [2.75, 3.05) is 19.8 Å². The summed E-state index contributed by atoms with van der Waals surface area (Å²) in [4.78, 5) is 15.0. The Hall–Kier alpha value is -1.93. The molecule has 0 aromatic heterocycles. The smallest absolute Gasteiger partial charge is 0.261 e. The van der Waals surface area contributed by atoms with Gasteiger partial charge in [0.05, 0.1) is 29.7 Å². The number of hydrogen-bond donors (Lipinski definition) is 0. The minimum atomic E-state index is -3.51. The van der Waals surface area contributed by atoms with E-state index in [4.69, 9.17) is 9.47 Å². The lowest BCUT2D eigenvalue weighted by molar-refractivity contribution is -0.136. The molecule has 1 atom stereocenters. The summed E-state index contributed by atoms with van der Waals surface area (Å²) >= 11 is 0. The number of amides is 1. The molecule has 1 amide bonds. The number of hydrogen-bond acceptors (Lipinski definition) is 5. The number of fused-ring (bicyclic) bond motifs is 5. The molecule has 1 saturated heterocycles. The van der Waals surface area contributed by atoms with Crippen LogP contribution >= 0.6 is 0 Å². The van der Waals surface area contributed by atoms with Gasteiger partial charge in [0, 0.05) is 12.1 Å². The molecule has 0 unspecified atom stereocenters. The van der Waals surface area contributed by atoms with Crippen molar-refractivity contribution in [3.63, 3.8) is 0 Å². The van der Waals surface area contributed by atoms with Crippen LogP contribution in [0, 0.1) is 13.8 Å². The Morgan fingerprint density at radius 3 is 2.55 bits per heavy atom. The van der Waals surface area contributed by atoms with E-state index in [9.17, 15) is 13.2 Å². The number of piperidine rings is 1. The van der Waals surface area contributed by atoms with Crippen molar-refractivity contribution in [1.29, 1.82) is 0 Å². The van der Waals surface area contributed by atoms with Crippen molar-refractivity contribution in [3.8, 4) is 5.75 Å². The number of nitrogens with zero attached hydrogens (tertiary/aromatic N) is 2. The first-order chi connectivity index (χ1) is 15.8. The van der Waals surface area contributed by atoms with Gasteiger partial charge in [-0.15, -0.1) is 0 Å². The van der Waals surface area contributed by atoms with E-state index in [0.717, 1.165) is 31.4 Å². The van der Waals surface area contributed by atoms with Gasteiger partial charge in [0.1, 0.15) is 5.75 Å². The minimum Gasteiger partial charge on any atom is -0.483 e. The second kappa shape index (κ2) is 9.02. The Balaban J connectivity index is 1.47. The lowest BCUT2D eigenvalue weighted by Crippen LogP contribution is -2.53. The Bertz CT molecular complexity index is 1050. The predicted molar refractivity (Wildman–Crippen MR) is 126 cm³/mol. The Labute approximate surface area is 196 Å². The Kier molecular flexibility index (Phi) is 6.25. The van der Waals surface area contributed by atoms with Crippen LogP contribution in [0.4, 0.5) is 0 Å². The number of ether oxygens (including phenoxy) is 2. The molecule has 33 heavy (non-hydrogen) atoms. The molecule has 6 rings (SSSR count). The molecule has 2 aliphatic carbocycles. The SMILES string of the molecule is Cc1ccc2c(c1C)C1CCC(CC1)OC[C@H]1/C(=N/S(=O)(=O)C3CC3)CCCN1C(=O)CO2. The number of benzene rings is 1. The second-order valence-electron chi connectivity index (χ2n) is 10.0. The number of sulfonamides is 1. The zero-order chi connectivity index (χ0) is 23.2. The fourth-order valence-electron chi connectivity index (χ4n) is 5.54. The number of rotatable bonds is 2. The summed E-state index contributed by atoms with van der Waals surface area (Å²) in [5, 5.41) is -0.353. The molecule has 1 aromatic carbocycles. The highest BCUT2D eigenvalue weighted by molar-refractivity contribution is 7.91. The summed E-state index contributed by atoms with van der Waals surface area (Å²) in [6, 6.07) is 3.61. The summed E-state index contributed by atoms with van der Waals surface area (Å²) < 4.78 is 41.9. The molecular weight excluding hydrogens is 440 g/mol. The summed E-state index contributed by atoms with van der Waals surface area (Å²) in [5.41, 5.74) is 4.28. The fraction of sp³-hybridized carbons (Fsp3) is 0.680. The van der Waals surface area contributed by atoms with Crippen LogP contribution in [0.3, 0.4) is 0 Å². The van der Waals surface area contributed by atoms with Crippen molar-refractivity contribution >= 4 is 21.6 Å². The van der Waals surface area contributed by atoms with E-state index < -0.39 is 16.1 Å². The molecule has 0 N–H and O–H groups in total. The van der Waals surface area contributed by atoms with E-state index in [1.165, 1.54) is 16.7 Å². The van der Waals surface area contributed by atoms with Gasteiger partial charge in [-0.25, -0.2) is 8.42 Å². The van der Waals surface area contributed by atoms with E-state index >= 15 is 0 Å². The van der Waals surface area contributed by atoms with Gasteiger partial charge in [0.2, 0.25) is 0 Å². The van der Waals surface area contributed by atoms with Crippen LogP contribution in [-0.4, -0.2) is 62.1 Å². The van der Waals surface area contributed by atoms with Crippen LogP contribution in [0.5, 0.6) is 5.75 Å². The predicted octanol–water partition coefficient (Wildman–Crippen LogP) is 3.66. The zero-order valence-corrected chi connectivity index (χ0v) is 20.4.